The number of ether oxygens (including phenoxy) is 2. The van der Waals surface area contributed by atoms with Gasteiger partial charge in [0.2, 0.25) is 0 Å². The van der Waals surface area contributed by atoms with Crippen LogP contribution >= 0.6 is 0 Å². The van der Waals surface area contributed by atoms with Crippen LogP contribution < -0.4 is 0 Å². The van der Waals surface area contributed by atoms with Crippen molar-refractivity contribution in [2.45, 2.75) is 44.6 Å². The minimum absolute atomic E-state index is 0.242. The van der Waals surface area contributed by atoms with Crippen LogP contribution in [0.5, 0.6) is 0 Å². The van der Waals surface area contributed by atoms with Crippen molar-refractivity contribution in [1.29, 1.82) is 0 Å². The van der Waals surface area contributed by atoms with Crippen molar-refractivity contribution < 1.29 is 19.1 Å². The molecule has 0 heterocycles. The van der Waals surface area contributed by atoms with Crippen LogP contribution in [0.25, 0.3) is 0 Å². The van der Waals surface area contributed by atoms with E-state index in [0.29, 0.717) is 32.3 Å². The van der Waals surface area contributed by atoms with E-state index in [-0.39, 0.29) is 18.2 Å². The SMILES string of the molecule is CCOC(=O)CC1(OC)CCC(=O)CC1. The third-order valence-electron chi connectivity index (χ3n) is 2.92. The van der Waals surface area contributed by atoms with E-state index in [4.69, 9.17) is 9.47 Å². The molecule has 0 spiro atoms. The number of ketones is 1. The number of rotatable bonds is 4. The van der Waals surface area contributed by atoms with E-state index in [1.807, 2.05) is 0 Å². The Morgan fingerprint density at radius 2 is 2.00 bits per heavy atom. The van der Waals surface area contributed by atoms with Gasteiger partial charge in [-0.15, -0.1) is 0 Å². The number of hydrogen-bond donors (Lipinski definition) is 0. The van der Waals surface area contributed by atoms with Crippen molar-refractivity contribution >= 4 is 11.8 Å². The predicted octanol–water partition coefficient (Wildman–Crippen LogP) is 1.47. The van der Waals surface area contributed by atoms with Crippen LogP contribution in [0.15, 0.2) is 0 Å². The Morgan fingerprint density at radius 3 is 2.47 bits per heavy atom. The predicted molar refractivity (Wildman–Crippen MR) is 54.5 cm³/mol. The molecule has 0 aromatic heterocycles. The van der Waals surface area contributed by atoms with Gasteiger partial charge in [0.15, 0.2) is 0 Å². The number of hydrogen-bond acceptors (Lipinski definition) is 4. The molecule has 1 saturated carbocycles. The third-order valence-corrected chi connectivity index (χ3v) is 2.92. The van der Waals surface area contributed by atoms with Crippen molar-refractivity contribution in [3.63, 3.8) is 0 Å². The Balaban J connectivity index is 2.53. The van der Waals surface area contributed by atoms with Gasteiger partial charge in [-0.3, -0.25) is 9.59 Å². The first-order valence-corrected chi connectivity index (χ1v) is 5.34. The summed E-state index contributed by atoms with van der Waals surface area (Å²) >= 11 is 0. The molecule has 0 radical (unpaired) electrons. The second kappa shape index (κ2) is 5.26. The molecule has 0 atom stereocenters. The molecule has 4 heteroatoms. The fraction of sp³-hybridized carbons (Fsp3) is 0.818. The van der Waals surface area contributed by atoms with E-state index in [2.05, 4.69) is 0 Å². The lowest BCUT2D eigenvalue weighted by Gasteiger charge is -2.34. The summed E-state index contributed by atoms with van der Waals surface area (Å²) in [4.78, 5) is 22.5. The van der Waals surface area contributed by atoms with E-state index < -0.39 is 5.60 Å². The minimum Gasteiger partial charge on any atom is -0.466 e. The molecule has 1 aliphatic carbocycles. The lowest BCUT2D eigenvalue weighted by molar-refractivity contribution is -0.153. The molecule has 0 N–H and O–H groups in total. The van der Waals surface area contributed by atoms with Crippen LogP contribution in [0.4, 0.5) is 0 Å². The van der Waals surface area contributed by atoms with Crippen LogP contribution in [0.3, 0.4) is 0 Å². The van der Waals surface area contributed by atoms with Gasteiger partial charge in [0.1, 0.15) is 5.78 Å². The summed E-state index contributed by atoms with van der Waals surface area (Å²) in [5.74, 6) is 0.0141. The molecule has 0 bridgehead atoms. The highest BCUT2D eigenvalue weighted by Gasteiger charge is 2.37. The largest absolute Gasteiger partial charge is 0.466 e. The average Bonchev–Trinajstić information content (AvgIpc) is 2.22. The Kier molecular flexibility index (Phi) is 4.27. The lowest BCUT2D eigenvalue weighted by Crippen LogP contribution is -2.39. The molecule has 86 valence electrons. The van der Waals surface area contributed by atoms with Gasteiger partial charge in [-0.1, -0.05) is 0 Å². The number of carbonyl (C=O) groups is 2. The Morgan fingerprint density at radius 1 is 1.40 bits per heavy atom. The highest BCUT2D eigenvalue weighted by molar-refractivity contribution is 5.80. The van der Waals surface area contributed by atoms with Gasteiger partial charge >= 0.3 is 5.97 Å². The Labute approximate surface area is 89.9 Å². The topological polar surface area (TPSA) is 52.6 Å². The number of methoxy groups -OCH3 is 1. The summed E-state index contributed by atoms with van der Waals surface area (Å²) < 4.78 is 10.3. The maximum Gasteiger partial charge on any atom is 0.308 e. The molecule has 0 aromatic rings. The van der Waals surface area contributed by atoms with Crippen LogP contribution in [0.1, 0.15) is 39.0 Å². The van der Waals surface area contributed by atoms with Gasteiger partial charge < -0.3 is 9.47 Å². The number of carbonyl (C=O) groups excluding carboxylic acids is 2. The van der Waals surface area contributed by atoms with Gasteiger partial charge in [0.25, 0.3) is 0 Å². The van der Waals surface area contributed by atoms with Crippen molar-refractivity contribution in [2.24, 2.45) is 0 Å². The van der Waals surface area contributed by atoms with Crippen LogP contribution in [0, 0.1) is 0 Å². The molecule has 1 rings (SSSR count). The average molecular weight is 214 g/mol. The first-order valence-electron chi connectivity index (χ1n) is 5.34. The summed E-state index contributed by atoms with van der Waals surface area (Å²) in [5.41, 5.74) is -0.472. The smallest absolute Gasteiger partial charge is 0.308 e. The second-order valence-corrected chi connectivity index (χ2v) is 3.91. The fourth-order valence-electron chi connectivity index (χ4n) is 1.91. The molecule has 1 fully saturated rings. The summed E-state index contributed by atoms with van der Waals surface area (Å²) in [7, 11) is 1.59. The Hall–Kier alpha value is -0.900. The van der Waals surface area contributed by atoms with Gasteiger partial charge in [0.05, 0.1) is 18.6 Å². The minimum atomic E-state index is -0.472. The standard InChI is InChI=1S/C11H18O4/c1-3-15-10(13)8-11(14-2)6-4-9(12)5-7-11/h3-8H2,1-2H3. The summed E-state index contributed by atoms with van der Waals surface area (Å²) in [6.45, 7) is 2.17. The van der Waals surface area contributed by atoms with Gasteiger partial charge in [-0.05, 0) is 19.8 Å². The van der Waals surface area contributed by atoms with E-state index in [1.165, 1.54) is 0 Å². The molecule has 15 heavy (non-hydrogen) atoms. The van der Waals surface area contributed by atoms with E-state index in [9.17, 15) is 9.59 Å². The second-order valence-electron chi connectivity index (χ2n) is 3.91. The van der Waals surface area contributed by atoms with Crippen LogP contribution in [-0.2, 0) is 19.1 Å². The molecule has 0 aliphatic heterocycles. The summed E-state index contributed by atoms with van der Waals surface area (Å²) in [6, 6.07) is 0. The number of esters is 1. The van der Waals surface area contributed by atoms with Gasteiger partial charge in [-0.2, -0.15) is 0 Å². The normalized spacial score (nSPS) is 20.0. The molecule has 4 nitrogen and oxygen atoms in total. The molecule has 0 aromatic carbocycles. The monoisotopic (exact) mass is 214 g/mol. The zero-order chi connectivity index (χ0) is 11.3. The van der Waals surface area contributed by atoms with E-state index in [0.717, 1.165) is 0 Å². The fourth-order valence-corrected chi connectivity index (χ4v) is 1.91. The zero-order valence-electron chi connectivity index (χ0n) is 9.38. The first-order chi connectivity index (χ1) is 7.12. The third kappa shape index (κ3) is 3.30. The first kappa shape index (κ1) is 12.2. The van der Waals surface area contributed by atoms with Crippen molar-refractivity contribution in [2.75, 3.05) is 13.7 Å². The maximum absolute atomic E-state index is 11.4. The molecular formula is C11H18O4. The quantitative estimate of drug-likeness (QED) is 0.665. The molecular weight excluding hydrogens is 196 g/mol. The molecule has 0 amide bonds. The highest BCUT2D eigenvalue weighted by Crippen LogP contribution is 2.32. The van der Waals surface area contributed by atoms with Gasteiger partial charge in [-0.25, -0.2) is 0 Å². The number of Topliss-reactive ketones (excluding diaryl/α,β-unsaturated/α-hetero) is 1. The van der Waals surface area contributed by atoms with E-state index in [1.54, 1.807) is 14.0 Å². The summed E-state index contributed by atoms with van der Waals surface area (Å²) in [6.07, 6.45) is 2.52. The van der Waals surface area contributed by atoms with Crippen LogP contribution in [-0.4, -0.2) is 31.1 Å². The van der Waals surface area contributed by atoms with Gasteiger partial charge in [0, 0.05) is 20.0 Å². The Bertz CT molecular complexity index is 237. The molecule has 1 aliphatic rings. The van der Waals surface area contributed by atoms with Crippen LogP contribution in [0.2, 0.25) is 0 Å². The van der Waals surface area contributed by atoms with Crippen molar-refractivity contribution in [1.82, 2.24) is 0 Å². The highest BCUT2D eigenvalue weighted by atomic mass is 16.5. The summed E-state index contributed by atoms with van der Waals surface area (Å²) in [5, 5.41) is 0. The zero-order valence-corrected chi connectivity index (χ0v) is 9.38. The maximum atomic E-state index is 11.4. The van der Waals surface area contributed by atoms with E-state index >= 15 is 0 Å². The molecule has 0 saturated heterocycles. The van der Waals surface area contributed by atoms with Crippen molar-refractivity contribution in [3.8, 4) is 0 Å². The molecule has 0 unspecified atom stereocenters. The van der Waals surface area contributed by atoms with Crippen molar-refractivity contribution in [3.05, 3.63) is 0 Å². The lowest BCUT2D eigenvalue weighted by atomic mass is 9.81.